The van der Waals surface area contributed by atoms with Crippen molar-refractivity contribution in [3.05, 3.63) is 34.6 Å². The lowest BCUT2D eigenvalue weighted by Crippen LogP contribution is -2.25. The third kappa shape index (κ3) is 2.74. The number of aryl methyl sites for hydroxylation is 2. The highest BCUT2D eigenvalue weighted by molar-refractivity contribution is 7.15. The van der Waals surface area contributed by atoms with Crippen molar-refractivity contribution in [1.29, 1.82) is 0 Å². The number of hydrogen-bond acceptors (Lipinski definition) is 4. The third-order valence-electron chi connectivity index (χ3n) is 4.55. The van der Waals surface area contributed by atoms with Crippen LogP contribution in [0.25, 0.3) is 10.6 Å². The lowest BCUT2D eigenvalue weighted by Gasteiger charge is -2.21. The molecule has 2 aromatic rings. The number of pyridine rings is 1. The molecule has 3 nitrogen and oxygen atoms in total. The maximum absolute atomic E-state index is 5.01. The molecule has 1 unspecified atom stereocenters. The Balaban J connectivity index is 1.62. The van der Waals surface area contributed by atoms with E-state index in [0.29, 0.717) is 5.92 Å². The van der Waals surface area contributed by atoms with Crippen molar-refractivity contribution >= 4 is 11.3 Å². The summed E-state index contributed by atoms with van der Waals surface area (Å²) in [5.74, 6) is 0.612. The second-order valence-electron chi connectivity index (χ2n) is 6.29. The molecule has 0 bridgehead atoms. The van der Waals surface area contributed by atoms with Gasteiger partial charge in [0.15, 0.2) is 0 Å². The largest absolute Gasteiger partial charge is 0.313 e. The second kappa shape index (κ2) is 5.50. The fourth-order valence-electron chi connectivity index (χ4n) is 3.13. The number of aromatic nitrogens is 2. The minimum absolute atomic E-state index is 0.612. The Labute approximate surface area is 129 Å². The number of nitrogens with zero attached hydrogens (tertiary/aromatic N) is 2. The van der Waals surface area contributed by atoms with E-state index < -0.39 is 0 Å². The van der Waals surface area contributed by atoms with Crippen molar-refractivity contribution in [2.24, 2.45) is 0 Å². The molecular formula is C17H21N3S. The Kier molecular flexibility index (Phi) is 3.51. The first-order valence-corrected chi connectivity index (χ1v) is 8.77. The van der Waals surface area contributed by atoms with Crippen LogP contribution < -0.4 is 5.32 Å². The van der Waals surface area contributed by atoms with Crippen molar-refractivity contribution in [1.82, 2.24) is 15.3 Å². The molecular weight excluding hydrogens is 278 g/mol. The van der Waals surface area contributed by atoms with Gasteiger partial charge in [-0.1, -0.05) is 0 Å². The Morgan fingerprint density at radius 1 is 1.33 bits per heavy atom. The first kappa shape index (κ1) is 13.4. The summed E-state index contributed by atoms with van der Waals surface area (Å²) in [6.45, 7) is 3.23. The molecule has 4 heteroatoms. The maximum Gasteiger partial charge on any atom is 0.124 e. The van der Waals surface area contributed by atoms with Crippen molar-refractivity contribution in [2.45, 2.75) is 51.0 Å². The fraction of sp³-hybridized carbons (Fsp3) is 0.529. The number of nitrogens with one attached hydrogen (secondary N) is 1. The van der Waals surface area contributed by atoms with Gasteiger partial charge in [-0.25, -0.2) is 4.98 Å². The minimum Gasteiger partial charge on any atom is -0.313 e. The monoisotopic (exact) mass is 299 g/mol. The predicted molar refractivity (Wildman–Crippen MR) is 86.8 cm³/mol. The topological polar surface area (TPSA) is 37.8 Å². The molecule has 0 amide bonds. The zero-order chi connectivity index (χ0) is 14.2. The van der Waals surface area contributed by atoms with Gasteiger partial charge in [-0.05, 0) is 50.7 Å². The molecule has 0 aromatic carbocycles. The predicted octanol–water partition coefficient (Wildman–Crippen LogP) is 3.69. The maximum atomic E-state index is 5.01. The van der Waals surface area contributed by atoms with E-state index in [1.54, 1.807) is 0 Å². The highest BCUT2D eigenvalue weighted by Gasteiger charge is 2.28. The van der Waals surface area contributed by atoms with E-state index in [9.17, 15) is 0 Å². The Hall–Kier alpha value is -1.26. The summed E-state index contributed by atoms with van der Waals surface area (Å²) in [4.78, 5) is 10.7. The molecule has 1 saturated carbocycles. The average Bonchev–Trinajstić information content (AvgIpc) is 3.22. The summed E-state index contributed by atoms with van der Waals surface area (Å²) in [6, 6.07) is 2.88. The van der Waals surface area contributed by atoms with Crippen LogP contribution in [0.5, 0.6) is 0 Å². The molecule has 4 rings (SSSR count). The van der Waals surface area contributed by atoms with Gasteiger partial charge in [0.1, 0.15) is 5.01 Å². The van der Waals surface area contributed by atoms with Crippen molar-refractivity contribution in [3.8, 4) is 10.6 Å². The van der Waals surface area contributed by atoms with Gasteiger partial charge in [-0.15, -0.1) is 11.3 Å². The fourth-order valence-corrected chi connectivity index (χ4v) is 4.41. The van der Waals surface area contributed by atoms with Gasteiger partial charge in [0.2, 0.25) is 0 Å². The smallest absolute Gasteiger partial charge is 0.124 e. The SMILES string of the molecule is Cc1cnccc1-c1nc2c(s1)CCCC2CNC1CC1. The van der Waals surface area contributed by atoms with Crippen LogP contribution in [-0.4, -0.2) is 22.6 Å². The normalized spacial score (nSPS) is 21.3. The Morgan fingerprint density at radius 3 is 3.05 bits per heavy atom. The molecule has 21 heavy (non-hydrogen) atoms. The summed E-state index contributed by atoms with van der Waals surface area (Å²) >= 11 is 1.89. The Morgan fingerprint density at radius 2 is 2.24 bits per heavy atom. The molecule has 2 aromatic heterocycles. The van der Waals surface area contributed by atoms with Gasteiger partial charge in [0.25, 0.3) is 0 Å². The number of hydrogen-bond donors (Lipinski definition) is 1. The molecule has 1 N–H and O–H groups in total. The van der Waals surface area contributed by atoms with Gasteiger partial charge in [0, 0.05) is 41.3 Å². The van der Waals surface area contributed by atoms with E-state index in [1.165, 1.54) is 58.8 Å². The van der Waals surface area contributed by atoms with E-state index in [1.807, 2.05) is 23.7 Å². The number of fused-ring (bicyclic) bond motifs is 1. The summed E-state index contributed by atoms with van der Waals surface area (Å²) < 4.78 is 0. The van der Waals surface area contributed by atoms with Crippen molar-refractivity contribution < 1.29 is 0 Å². The van der Waals surface area contributed by atoms with Crippen molar-refractivity contribution in [2.75, 3.05) is 6.54 Å². The van der Waals surface area contributed by atoms with E-state index in [2.05, 4.69) is 23.3 Å². The zero-order valence-electron chi connectivity index (χ0n) is 12.4. The molecule has 2 heterocycles. The summed E-state index contributed by atoms with van der Waals surface area (Å²) in [7, 11) is 0. The van der Waals surface area contributed by atoms with Gasteiger partial charge in [-0.3, -0.25) is 4.98 Å². The van der Waals surface area contributed by atoms with Crippen LogP contribution in [0.2, 0.25) is 0 Å². The molecule has 0 spiro atoms. The lowest BCUT2D eigenvalue weighted by molar-refractivity contribution is 0.500. The van der Waals surface area contributed by atoms with Crippen LogP contribution in [0.4, 0.5) is 0 Å². The van der Waals surface area contributed by atoms with Crippen LogP contribution in [0.15, 0.2) is 18.5 Å². The number of rotatable bonds is 4. The molecule has 0 aliphatic heterocycles. The molecule has 2 aliphatic carbocycles. The standard InChI is InChI=1S/C17H21N3S/c1-11-9-18-8-7-14(11)17-20-16-12(10-19-13-5-6-13)3-2-4-15(16)21-17/h7-9,12-13,19H,2-6,10H2,1H3. The van der Waals surface area contributed by atoms with Gasteiger partial charge >= 0.3 is 0 Å². The van der Waals surface area contributed by atoms with E-state index in [-0.39, 0.29) is 0 Å². The van der Waals surface area contributed by atoms with E-state index in [4.69, 9.17) is 4.98 Å². The van der Waals surface area contributed by atoms with E-state index >= 15 is 0 Å². The van der Waals surface area contributed by atoms with Crippen LogP contribution in [-0.2, 0) is 6.42 Å². The number of thiazole rings is 1. The highest BCUT2D eigenvalue weighted by atomic mass is 32.1. The van der Waals surface area contributed by atoms with Crippen molar-refractivity contribution in [3.63, 3.8) is 0 Å². The highest BCUT2D eigenvalue weighted by Crippen LogP contribution is 2.38. The Bertz CT molecular complexity index is 645. The average molecular weight is 299 g/mol. The molecule has 0 saturated heterocycles. The van der Waals surface area contributed by atoms with Crippen LogP contribution in [0, 0.1) is 6.92 Å². The quantitative estimate of drug-likeness (QED) is 0.935. The van der Waals surface area contributed by atoms with Crippen LogP contribution >= 0.6 is 11.3 Å². The molecule has 0 radical (unpaired) electrons. The lowest BCUT2D eigenvalue weighted by atomic mass is 9.91. The minimum atomic E-state index is 0.612. The first-order chi connectivity index (χ1) is 10.3. The van der Waals surface area contributed by atoms with E-state index in [0.717, 1.165) is 12.6 Å². The summed E-state index contributed by atoms with van der Waals surface area (Å²) in [5, 5.41) is 4.86. The third-order valence-corrected chi connectivity index (χ3v) is 5.72. The van der Waals surface area contributed by atoms with Crippen LogP contribution in [0.1, 0.15) is 47.7 Å². The molecule has 1 fully saturated rings. The van der Waals surface area contributed by atoms with Crippen LogP contribution in [0.3, 0.4) is 0 Å². The first-order valence-electron chi connectivity index (χ1n) is 7.95. The molecule has 2 aliphatic rings. The molecule has 110 valence electrons. The zero-order valence-corrected chi connectivity index (χ0v) is 13.2. The summed E-state index contributed by atoms with van der Waals surface area (Å²) in [6.07, 6.45) is 10.3. The van der Waals surface area contributed by atoms with Gasteiger partial charge in [-0.2, -0.15) is 0 Å². The molecule has 1 atom stereocenters. The van der Waals surface area contributed by atoms with Gasteiger partial charge < -0.3 is 5.32 Å². The summed E-state index contributed by atoms with van der Waals surface area (Å²) in [5.41, 5.74) is 3.83. The second-order valence-corrected chi connectivity index (χ2v) is 7.37. The van der Waals surface area contributed by atoms with Gasteiger partial charge in [0.05, 0.1) is 5.69 Å².